The predicted molar refractivity (Wildman–Crippen MR) is 74.5 cm³/mol. The number of hydrogen-bond acceptors (Lipinski definition) is 5. The van der Waals surface area contributed by atoms with Crippen molar-refractivity contribution >= 4 is 10.0 Å². The van der Waals surface area contributed by atoms with Crippen molar-refractivity contribution in [1.82, 2.24) is 24.4 Å². The molecule has 0 aliphatic carbocycles. The molecule has 3 heterocycles. The smallest absolute Gasteiger partial charge is 0.214 e. The first kappa shape index (κ1) is 14.0. The highest BCUT2D eigenvalue weighted by Crippen LogP contribution is 2.16. The maximum Gasteiger partial charge on any atom is 0.214 e. The molecule has 2 aliphatic rings. The second-order valence-corrected chi connectivity index (χ2v) is 7.61. The Balaban J connectivity index is 1.58. The quantitative estimate of drug-likeness (QED) is 0.843. The standard InChI is InChI=1S/C12H21N5O2S/c18-20(19,8-4-11-3-1-2-5-13-11)17-7-6-16-10-14-15-12(16)9-17/h10-11,13H,1-9H2. The van der Waals surface area contributed by atoms with E-state index in [1.807, 2.05) is 4.57 Å². The molecule has 1 N–H and O–H groups in total. The molecule has 3 rings (SSSR count). The summed E-state index contributed by atoms with van der Waals surface area (Å²) in [4.78, 5) is 0. The monoisotopic (exact) mass is 299 g/mol. The van der Waals surface area contributed by atoms with Gasteiger partial charge in [-0.05, 0) is 25.8 Å². The van der Waals surface area contributed by atoms with Crippen LogP contribution in [0.25, 0.3) is 0 Å². The third kappa shape index (κ3) is 3.02. The van der Waals surface area contributed by atoms with E-state index in [4.69, 9.17) is 0 Å². The number of aromatic nitrogens is 3. The van der Waals surface area contributed by atoms with Gasteiger partial charge in [0.25, 0.3) is 0 Å². The molecule has 1 aromatic rings. The Morgan fingerprint density at radius 1 is 1.35 bits per heavy atom. The van der Waals surface area contributed by atoms with Crippen LogP contribution in [-0.4, -0.2) is 52.4 Å². The Morgan fingerprint density at radius 3 is 3.05 bits per heavy atom. The molecule has 0 bridgehead atoms. The largest absolute Gasteiger partial charge is 0.315 e. The summed E-state index contributed by atoms with van der Waals surface area (Å²) in [6, 6.07) is 0.354. The van der Waals surface area contributed by atoms with Gasteiger partial charge in [0.15, 0.2) is 0 Å². The van der Waals surface area contributed by atoms with Gasteiger partial charge in [0.2, 0.25) is 10.0 Å². The average Bonchev–Trinajstić information content (AvgIpc) is 2.94. The van der Waals surface area contributed by atoms with Gasteiger partial charge < -0.3 is 9.88 Å². The summed E-state index contributed by atoms with van der Waals surface area (Å²) in [6.07, 6.45) is 5.84. The number of sulfonamides is 1. The molecular weight excluding hydrogens is 278 g/mol. The first-order chi connectivity index (χ1) is 9.65. The fraction of sp³-hybridized carbons (Fsp3) is 0.833. The van der Waals surface area contributed by atoms with Crippen LogP contribution in [0.15, 0.2) is 6.33 Å². The zero-order valence-corrected chi connectivity index (χ0v) is 12.3. The molecule has 0 amide bonds. The topological polar surface area (TPSA) is 80.1 Å². The summed E-state index contributed by atoms with van der Waals surface area (Å²) in [5.41, 5.74) is 0. The highest BCUT2D eigenvalue weighted by Gasteiger charge is 2.28. The first-order valence-electron chi connectivity index (χ1n) is 7.23. The van der Waals surface area contributed by atoms with E-state index >= 15 is 0 Å². The summed E-state index contributed by atoms with van der Waals surface area (Å²) in [5.74, 6) is 0.953. The van der Waals surface area contributed by atoms with Crippen molar-refractivity contribution in [3.8, 4) is 0 Å². The van der Waals surface area contributed by atoms with E-state index in [2.05, 4.69) is 15.5 Å². The van der Waals surface area contributed by atoms with E-state index in [0.29, 0.717) is 32.1 Å². The molecule has 0 spiro atoms. The van der Waals surface area contributed by atoms with Gasteiger partial charge in [0, 0.05) is 19.1 Å². The number of nitrogens with one attached hydrogen (secondary N) is 1. The maximum absolute atomic E-state index is 12.4. The van der Waals surface area contributed by atoms with Gasteiger partial charge in [-0.3, -0.25) is 0 Å². The van der Waals surface area contributed by atoms with Gasteiger partial charge in [0.1, 0.15) is 12.2 Å². The van der Waals surface area contributed by atoms with Crippen LogP contribution in [0.1, 0.15) is 31.5 Å². The number of nitrogens with zero attached hydrogens (tertiary/aromatic N) is 4. The molecule has 0 saturated carbocycles. The van der Waals surface area contributed by atoms with Crippen molar-refractivity contribution in [1.29, 1.82) is 0 Å². The summed E-state index contributed by atoms with van der Waals surface area (Å²) >= 11 is 0. The van der Waals surface area contributed by atoms with Crippen molar-refractivity contribution in [2.45, 2.75) is 44.8 Å². The van der Waals surface area contributed by atoms with Crippen molar-refractivity contribution in [3.63, 3.8) is 0 Å². The van der Waals surface area contributed by atoms with Crippen LogP contribution in [0.5, 0.6) is 0 Å². The van der Waals surface area contributed by atoms with E-state index in [-0.39, 0.29) is 5.75 Å². The third-order valence-electron chi connectivity index (χ3n) is 4.13. The van der Waals surface area contributed by atoms with Gasteiger partial charge in [-0.25, -0.2) is 8.42 Å². The van der Waals surface area contributed by atoms with E-state index in [1.165, 1.54) is 12.8 Å². The zero-order valence-electron chi connectivity index (χ0n) is 11.5. The van der Waals surface area contributed by atoms with Gasteiger partial charge in [0.05, 0.1) is 12.3 Å². The normalized spacial score (nSPS) is 24.5. The maximum atomic E-state index is 12.4. The molecule has 7 nitrogen and oxygen atoms in total. The Kier molecular flexibility index (Phi) is 4.04. The van der Waals surface area contributed by atoms with Crippen LogP contribution < -0.4 is 5.32 Å². The Hall–Kier alpha value is -0.990. The van der Waals surface area contributed by atoms with Crippen molar-refractivity contribution < 1.29 is 8.42 Å². The second-order valence-electron chi connectivity index (χ2n) is 5.53. The molecular formula is C12H21N5O2S. The molecule has 1 unspecified atom stereocenters. The summed E-state index contributed by atoms with van der Waals surface area (Å²) < 4.78 is 28.3. The first-order valence-corrected chi connectivity index (χ1v) is 8.84. The van der Waals surface area contributed by atoms with Gasteiger partial charge in [-0.1, -0.05) is 6.42 Å². The Bertz CT molecular complexity index is 550. The highest BCUT2D eigenvalue weighted by molar-refractivity contribution is 7.89. The Morgan fingerprint density at radius 2 is 2.25 bits per heavy atom. The van der Waals surface area contributed by atoms with Crippen LogP contribution in [0.4, 0.5) is 0 Å². The molecule has 1 saturated heterocycles. The number of rotatable bonds is 4. The lowest BCUT2D eigenvalue weighted by atomic mass is 10.0. The molecule has 0 aromatic carbocycles. The van der Waals surface area contributed by atoms with Crippen LogP contribution in [0.2, 0.25) is 0 Å². The molecule has 1 atom stereocenters. The van der Waals surface area contributed by atoms with Gasteiger partial charge in [-0.15, -0.1) is 10.2 Å². The highest BCUT2D eigenvalue weighted by atomic mass is 32.2. The average molecular weight is 299 g/mol. The zero-order chi connectivity index (χ0) is 14.0. The Labute approximate surface area is 119 Å². The summed E-state index contributed by atoms with van der Waals surface area (Å²) in [5, 5.41) is 11.2. The van der Waals surface area contributed by atoms with Crippen molar-refractivity contribution in [3.05, 3.63) is 12.2 Å². The third-order valence-corrected chi connectivity index (χ3v) is 5.98. The van der Waals surface area contributed by atoms with E-state index in [9.17, 15) is 8.42 Å². The number of hydrogen-bond donors (Lipinski definition) is 1. The fourth-order valence-corrected chi connectivity index (χ4v) is 4.38. The van der Waals surface area contributed by atoms with Crippen LogP contribution in [0.3, 0.4) is 0 Å². The lowest BCUT2D eigenvalue weighted by molar-refractivity contribution is 0.331. The molecule has 1 fully saturated rings. The summed E-state index contributed by atoms with van der Waals surface area (Å²) in [7, 11) is -3.19. The van der Waals surface area contributed by atoms with Crippen LogP contribution >= 0.6 is 0 Å². The van der Waals surface area contributed by atoms with Gasteiger partial charge in [-0.2, -0.15) is 4.31 Å². The van der Waals surface area contributed by atoms with Gasteiger partial charge >= 0.3 is 0 Å². The van der Waals surface area contributed by atoms with Crippen LogP contribution in [0, 0.1) is 0 Å². The molecule has 112 valence electrons. The molecule has 2 aliphatic heterocycles. The van der Waals surface area contributed by atoms with E-state index in [1.54, 1.807) is 10.6 Å². The lowest BCUT2D eigenvalue weighted by Crippen LogP contribution is -2.41. The van der Waals surface area contributed by atoms with Crippen molar-refractivity contribution in [2.75, 3.05) is 18.8 Å². The lowest BCUT2D eigenvalue weighted by Gasteiger charge is -2.28. The summed E-state index contributed by atoms with van der Waals surface area (Å²) in [6.45, 7) is 2.52. The molecule has 8 heteroatoms. The SMILES string of the molecule is O=S(=O)(CCC1CCCCN1)N1CCn2cnnc2C1. The van der Waals surface area contributed by atoms with E-state index < -0.39 is 10.0 Å². The number of piperidine rings is 1. The molecule has 20 heavy (non-hydrogen) atoms. The molecule has 0 radical (unpaired) electrons. The minimum Gasteiger partial charge on any atom is -0.315 e. The second kappa shape index (κ2) is 5.79. The molecule has 1 aromatic heterocycles. The van der Waals surface area contributed by atoms with Crippen molar-refractivity contribution in [2.24, 2.45) is 0 Å². The predicted octanol–water partition coefficient (Wildman–Crippen LogP) is -0.0443. The van der Waals surface area contributed by atoms with E-state index in [0.717, 1.165) is 18.8 Å². The number of fused-ring (bicyclic) bond motifs is 1. The minimum absolute atomic E-state index is 0.221. The fourth-order valence-electron chi connectivity index (χ4n) is 2.87. The van der Waals surface area contributed by atoms with Crippen LogP contribution in [-0.2, 0) is 23.1 Å². The minimum atomic E-state index is -3.19.